The fourth-order valence-electron chi connectivity index (χ4n) is 2.38. The zero-order valence-electron chi connectivity index (χ0n) is 8.57. The molecule has 1 aliphatic heterocycles. The number of aryl methyl sites for hydroxylation is 1. The zero-order chi connectivity index (χ0) is 10.3. The summed E-state index contributed by atoms with van der Waals surface area (Å²) in [4.78, 5) is 12.1. The summed E-state index contributed by atoms with van der Waals surface area (Å²) in [6.07, 6.45) is 3.38. The lowest BCUT2D eigenvalue weighted by Crippen LogP contribution is -2.26. The van der Waals surface area contributed by atoms with Crippen molar-refractivity contribution in [3.63, 3.8) is 0 Å². The molecule has 0 bridgehead atoms. The molecular weight excluding hydrogens is 186 g/mol. The Labute approximate surface area is 88.2 Å². The first kappa shape index (κ1) is 8.72. The van der Waals surface area contributed by atoms with Crippen molar-refractivity contribution in [2.24, 2.45) is 0 Å². The topological polar surface area (TPSA) is 22.0 Å². The lowest BCUT2D eigenvalue weighted by atomic mass is 10.0. The summed E-state index contributed by atoms with van der Waals surface area (Å²) in [7, 11) is 0. The standard InChI is InChI=1S/C13H13NO/c15-13-12-7-2-1-5-10(12)9-11-6-3-4-8-14(11)13/h1-2,5,7,9H,3-4,6,8H2. The molecule has 0 spiro atoms. The fourth-order valence-corrected chi connectivity index (χ4v) is 2.38. The van der Waals surface area contributed by atoms with Gasteiger partial charge in [0.25, 0.3) is 5.56 Å². The normalized spacial score (nSPS) is 15.2. The molecule has 1 aromatic carbocycles. The molecule has 3 rings (SSSR count). The van der Waals surface area contributed by atoms with Gasteiger partial charge in [-0.05, 0) is 36.8 Å². The van der Waals surface area contributed by atoms with Crippen molar-refractivity contribution < 1.29 is 0 Å². The van der Waals surface area contributed by atoms with Crippen LogP contribution in [-0.2, 0) is 13.0 Å². The van der Waals surface area contributed by atoms with Crippen LogP contribution in [0.3, 0.4) is 0 Å². The largest absolute Gasteiger partial charge is 0.312 e. The highest BCUT2D eigenvalue weighted by atomic mass is 16.1. The maximum Gasteiger partial charge on any atom is 0.258 e. The Morgan fingerprint density at radius 3 is 2.93 bits per heavy atom. The highest BCUT2D eigenvalue weighted by Gasteiger charge is 2.11. The van der Waals surface area contributed by atoms with Gasteiger partial charge in [0, 0.05) is 17.6 Å². The van der Waals surface area contributed by atoms with Gasteiger partial charge in [0.1, 0.15) is 0 Å². The second-order valence-corrected chi connectivity index (χ2v) is 4.14. The molecule has 15 heavy (non-hydrogen) atoms. The van der Waals surface area contributed by atoms with Crippen LogP contribution in [-0.4, -0.2) is 4.57 Å². The highest BCUT2D eigenvalue weighted by molar-refractivity contribution is 5.81. The van der Waals surface area contributed by atoms with Crippen LogP contribution in [0.15, 0.2) is 35.1 Å². The third-order valence-corrected chi connectivity index (χ3v) is 3.17. The Hall–Kier alpha value is -1.57. The van der Waals surface area contributed by atoms with Crippen LogP contribution < -0.4 is 5.56 Å². The van der Waals surface area contributed by atoms with Gasteiger partial charge < -0.3 is 4.57 Å². The minimum atomic E-state index is 0.183. The molecule has 1 aromatic heterocycles. The predicted molar refractivity (Wildman–Crippen MR) is 61.1 cm³/mol. The predicted octanol–water partition coefficient (Wildman–Crippen LogP) is 2.34. The van der Waals surface area contributed by atoms with Crippen molar-refractivity contribution in [2.75, 3.05) is 0 Å². The lowest BCUT2D eigenvalue weighted by molar-refractivity contribution is 0.516. The molecule has 2 heteroatoms. The number of nitrogens with zero attached hydrogens (tertiary/aromatic N) is 1. The van der Waals surface area contributed by atoms with Crippen molar-refractivity contribution in [3.05, 3.63) is 46.4 Å². The monoisotopic (exact) mass is 199 g/mol. The van der Waals surface area contributed by atoms with Gasteiger partial charge in [-0.1, -0.05) is 18.2 Å². The van der Waals surface area contributed by atoms with Gasteiger partial charge in [-0.15, -0.1) is 0 Å². The number of rotatable bonds is 0. The molecule has 0 N–H and O–H groups in total. The number of fused-ring (bicyclic) bond motifs is 2. The minimum absolute atomic E-state index is 0.183. The van der Waals surface area contributed by atoms with Crippen LogP contribution in [0.25, 0.3) is 10.8 Å². The van der Waals surface area contributed by atoms with Gasteiger partial charge in [0.2, 0.25) is 0 Å². The summed E-state index contributed by atoms with van der Waals surface area (Å²) < 4.78 is 1.94. The Morgan fingerprint density at radius 1 is 1.13 bits per heavy atom. The molecule has 0 radical (unpaired) electrons. The van der Waals surface area contributed by atoms with Crippen molar-refractivity contribution in [2.45, 2.75) is 25.8 Å². The summed E-state index contributed by atoms with van der Waals surface area (Å²) >= 11 is 0. The van der Waals surface area contributed by atoms with E-state index < -0.39 is 0 Å². The van der Waals surface area contributed by atoms with Crippen LogP contribution >= 0.6 is 0 Å². The van der Waals surface area contributed by atoms with E-state index >= 15 is 0 Å². The molecule has 0 fully saturated rings. The van der Waals surface area contributed by atoms with E-state index in [9.17, 15) is 4.79 Å². The van der Waals surface area contributed by atoms with Crippen LogP contribution in [0.4, 0.5) is 0 Å². The van der Waals surface area contributed by atoms with E-state index in [2.05, 4.69) is 6.07 Å². The molecular formula is C13H13NO. The first-order valence-corrected chi connectivity index (χ1v) is 5.48. The van der Waals surface area contributed by atoms with Crippen LogP contribution in [0.2, 0.25) is 0 Å². The van der Waals surface area contributed by atoms with Gasteiger partial charge in [0.05, 0.1) is 0 Å². The number of benzene rings is 1. The summed E-state index contributed by atoms with van der Waals surface area (Å²) in [5.74, 6) is 0. The van der Waals surface area contributed by atoms with Gasteiger partial charge in [-0.2, -0.15) is 0 Å². The van der Waals surface area contributed by atoms with Crippen LogP contribution in [0, 0.1) is 0 Å². The molecule has 0 saturated heterocycles. The molecule has 0 atom stereocenters. The number of aromatic nitrogens is 1. The Balaban J connectivity index is 2.41. The summed E-state index contributed by atoms with van der Waals surface area (Å²) in [5.41, 5.74) is 1.38. The molecule has 0 amide bonds. The van der Waals surface area contributed by atoms with E-state index in [1.54, 1.807) is 0 Å². The first-order valence-electron chi connectivity index (χ1n) is 5.48. The molecule has 2 aromatic rings. The Morgan fingerprint density at radius 2 is 2.00 bits per heavy atom. The van der Waals surface area contributed by atoms with E-state index in [0.717, 1.165) is 30.2 Å². The minimum Gasteiger partial charge on any atom is -0.312 e. The quantitative estimate of drug-likeness (QED) is 0.638. The molecule has 1 aliphatic rings. The van der Waals surface area contributed by atoms with Gasteiger partial charge in [-0.25, -0.2) is 0 Å². The lowest BCUT2D eigenvalue weighted by Gasteiger charge is -2.18. The van der Waals surface area contributed by atoms with Crippen molar-refractivity contribution >= 4 is 10.8 Å². The summed E-state index contributed by atoms with van der Waals surface area (Å²) in [6.45, 7) is 0.888. The van der Waals surface area contributed by atoms with Crippen molar-refractivity contribution in [3.8, 4) is 0 Å². The second kappa shape index (κ2) is 3.23. The van der Waals surface area contributed by atoms with Crippen molar-refractivity contribution in [1.82, 2.24) is 4.57 Å². The Bertz CT molecular complexity index is 568. The summed E-state index contributed by atoms with van der Waals surface area (Å²) in [6, 6.07) is 10.0. The zero-order valence-corrected chi connectivity index (χ0v) is 8.57. The van der Waals surface area contributed by atoms with E-state index in [0.29, 0.717) is 0 Å². The number of pyridine rings is 1. The molecule has 76 valence electrons. The smallest absolute Gasteiger partial charge is 0.258 e. The molecule has 0 saturated carbocycles. The summed E-state index contributed by atoms with van der Waals surface area (Å²) in [5, 5.41) is 1.93. The van der Waals surface area contributed by atoms with E-state index in [-0.39, 0.29) is 5.56 Å². The highest BCUT2D eigenvalue weighted by Crippen LogP contribution is 2.17. The third-order valence-electron chi connectivity index (χ3n) is 3.17. The third kappa shape index (κ3) is 1.29. The maximum atomic E-state index is 12.1. The fraction of sp³-hybridized carbons (Fsp3) is 0.308. The van der Waals surface area contributed by atoms with E-state index in [1.165, 1.54) is 12.1 Å². The molecule has 2 heterocycles. The van der Waals surface area contributed by atoms with Crippen molar-refractivity contribution in [1.29, 1.82) is 0 Å². The number of hydrogen-bond acceptors (Lipinski definition) is 1. The molecule has 0 unspecified atom stereocenters. The average Bonchev–Trinajstić information content (AvgIpc) is 2.30. The average molecular weight is 199 g/mol. The van der Waals surface area contributed by atoms with Crippen LogP contribution in [0.5, 0.6) is 0 Å². The van der Waals surface area contributed by atoms with Gasteiger partial charge in [-0.3, -0.25) is 4.79 Å². The van der Waals surface area contributed by atoms with Gasteiger partial charge >= 0.3 is 0 Å². The second-order valence-electron chi connectivity index (χ2n) is 4.14. The first-order chi connectivity index (χ1) is 7.36. The number of hydrogen-bond donors (Lipinski definition) is 0. The van der Waals surface area contributed by atoms with E-state index in [1.807, 2.05) is 28.8 Å². The SMILES string of the molecule is O=c1c2ccccc2cc2n1CCCC2. The van der Waals surface area contributed by atoms with Gasteiger partial charge in [0.15, 0.2) is 0 Å². The maximum absolute atomic E-state index is 12.1. The van der Waals surface area contributed by atoms with E-state index in [4.69, 9.17) is 0 Å². The molecule has 2 nitrogen and oxygen atoms in total. The Kier molecular flexibility index (Phi) is 1.88. The van der Waals surface area contributed by atoms with Crippen LogP contribution in [0.1, 0.15) is 18.5 Å². The molecule has 0 aliphatic carbocycles.